The van der Waals surface area contributed by atoms with Crippen molar-refractivity contribution in [3.8, 4) is 11.6 Å². The number of benzene rings is 1. The van der Waals surface area contributed by atoms with Crippen molar-refractivity contribution in [2.45, 2.75) is 6.92 Å². The van der Waals surface area contributed by atoms with Gasteiger partial charge in [-0.15, -0.1) is 0 Å². The summed E-state index contributed by atoms with van der Waals surface area (Å²) in [5.74, 6) is 0.489. The number of nitrogen functional groups attached to an aromatic ring is 1. The fraction of sp³-hybridized carbons (Fsp3) is 0.167. The zero-order valence-electron chi connectivity index (χ0n) is 10.7. The van der Waals surface area contributed by atoms with Crippen LogP contribution in [0.2, 0.25) is 15.1 Å². The first-order valence-electron chi connectivity index (χ1n) is 5.51. The van der Waals surface area contributed by atoms with Crippen molar-refractivity contribution in [1.29, 1.82) is 5.41 Å². The van der Waals surface area contributed by atoms with E-state index in [-0.39, 0.29) is 5.84 Å². The highest BCUT2D eigenvalue weighted by Crippen LogP contribution is 2.37. The van der Waals surface area contributed by atoms with Gasteiger partial charge in [-0.1, -0.05) is 34.8 Å². The van der Waals surface area contributed by atoms with E-state index in [4.69, 9.17) is 50.7 Å². The molecule has 2 rings (SSSR count). The van der Waals surface area contributed by atoms with E-state index in [0.29, 0.717) is 38.0 Å². The minimum Gasteiger partial charge on any atom is -0.437 e. The van der Waals surface area contributed by atoms with E-state index in [1.165, 1.54) is 16.8 Å². The summed E-state index contributed by atoms with van der Waals surface area (Å²) < 4.78 is 7.17. The highest BCUT2D eigenvalue weighted by molar-refractivity contribution is 6.43. The van der Waals surface area contributed by atoms with Gasteiger partial charge in [0.15, 0.2) is 0 Å². The topological polar surface area (TPSA) is 76.9 Å². The maximum absolute atomic E-state index is 7.59. The van der Waals surface area contributed by atoms with Crippen LogP contribution in [0.3, 0.4) is 0 Å². The maximum Gasteiger partial charge on any atom is 0.228 e. The van der Waals surface area contributed by atoms with Gasteiger partial charge in [0.1, 0.15) is 17.1 Å². The Hall–Kier alpha value is -1.43. The van der Waals surface area contributed by atoms with Crippen molar-refractivity contribution >= 4 is 40.6 Å². The van der Waals surface area contributed by atoms with Crippen molar-refractivity contribution < 1.29 is 4.74 Å². The summed E-state index contributed by atoms with van der Waals surface area (Å²) in [7, 11) is 1.68. The Balaban J connectivity index is 2.50. The highest BCUT2D eigenvalue weighted by atomic mass is 35.5. The average Bonchev–Trinajstić information content (AvgIpc) is 2.61. The second-order valence-electron chi connectivity index (χ2n) is 4.10. The average molecular weight is 334 g/mol. The van der Waals surface area contributed by atoms with Crippen LogP contribution in [0.4, 0.5) is 0 Å². The molecule has 20 heavy (non-hydrogen) atoms. The lowest BCUT2D eigenvalue weighted by molar-refractivity contribution is 0.430. The van der Waals surface area contributed by atoms with Crippen LogP contribution in [0.25, 0.3) is 0 Å². The molecule has 8 heteroatoms. The maximum atomic E-state index is 7.59. The van der Waals surface area contributed by atoms with Crippen LogP contribution >= 0.6 is 34.8 Å². The molecule has 0 aliphatic rings. The molecule has 0 aliphatic heterocycles. The molecule has 0 bridgehead atoms. The second-order valence-corrected chi connectivity index (χ2v) is 5.32. The molecular formula is C12H11Cl3N4O. The molecule has 106 valence electrons. The SMILES string of the molecule is Cc1nn(C)c(Oc2cc(Cl)c(Cl)cc2Cl)c1C(=N)N. The van der Waals surface area contributed by atoms with Gasteiger partial charge >= 0.3 is 0 Å². The van der Waals surface area contributed by atoms with Crippen LogP contribution in [0.5, 0.6) is 11.6 Å². The van der Waals surface area contributed by atoms with E-state index in [2.05, 4.69) is 5.10 Å². The molecule has 0 saturated heterocycles. The number of nitrogens with two attached hydrogens (primary N) is 1. The molecule has 1 heterocycles. The van der Waals surface area contributed by atoms with Crippen molar-refractivity contribution in [2.75, 3.05) is 0 Å². The third-order valence-corrected chi connectivity index (χ3v) is 3.64. The Morgan fingerprint density at radius 1 is 1.25 bits per heavy atom. The Morgan fingerprint density at radius 3 is 2.45 bits per heavy atom. The zero-order chi connectivity index (χ0) is 15.0. The predicted molar refractivity (Wildman–Crippen MR) is 80.5 cm³/mol. The summed E-state index contributed by atoms with van der Waals surface area (Å²) in [6.45, 7) is 1.74. The van der Waals surface area contributed by atoms with Gasteiger partial charge in [-0.25, -0.2) is 4.68 Å². The molecule has 0 amide bonds. The highest BCUT2D eigenvalue weighted by Gasteiger charge is 2.19. The van der Waals surface area contributed by atoms with Crippen LogP contribution in [0.15, 0.2) is 12.1 Å². The lowest BCUT2D eigenvalue weighted by Gasteiger charge is -2.10. The minimum absolute atomic E-state index is 0.137. The fourth-order valence-electron chi connectivity index (χ4n) is 1.75. The quantitative estimate of drug-likeness (QED) is 0.510. The number of halogens is 3. The number of hydrogen-bond acceptors (Lipinski definition) is 3. The summed E-state index contributed by atoms with van der Waals surface area (Å²) in [6, 6.07) is 2.98. The van der Waals surface area contributed by atoms with Crippen molar-refractivity contribution in [3.05, 3.63) is 38.5 Å². The van der Waals surface area contributed by atoms with Crippen LogP contribution in [-0.2, 0) is 7.05 Å². The molecule has 0 saturated carbocycles. The van der Waals surface area contributed by atoms with Gasteiger partial charge in [0, 0.05) is 13.1 Å². The van der Waals surface area contributed by atoms with E-state index in [0.717, 1.165) is 0 Å². The van der Waals surface area contributed by atoms with Gasteiger partial charge in [-0.2, -0.15) is 5.10 Å². The molecule has 5 nitrogen and oxygen atoms in total. The van der Waals surface area contributed by atoms with Gasteiger partial charge < -0.3 is 10.5 Å². The van der Waals surface area contributed by atoms with E-state index in [1.54, 1.807) is 14.0 Å². The third kappa shape index (κ3) is 2.70. The van der Waals surface area contributed by atoms with E-state index in [1.807, 2.05) is 0 Å². The second kappa shape index (κ2) is 5.52. The lowest BCUT2D eigenvalue weighted by atomic mass is 10.2. The summed E-state index contributed by atoms with van der Waals surface area (Å²) in [5.41, 5.74) is 6.55. The summed E-state index contributed by atoms with van der Waals surface area (Å²) in [5, 5.41) is 12.7. The summed E-state index contributed by atoms with van der Waals surface area (Å²) in [4.78, 5) is 0. The van der Waals surface area contributed by atoms with Gasteiger partial charge in [0.05, 0.1) is 20.8 Å². The number of rotatable bonds is 3. The lowest BCUT2D eigenvalue weighted by Crippen LogP contribution is -2.13. The van der Waals surface area contributed by atoms with Gasteiger partial charge in [0.25, 0.3) is 0 Å². The van der Waals surface area contributed by atoms with Crippen LogP contribution in [-0.4, -0.2) is 15.6 Å². The molecule has 0 aliphatic carbocycles. The molecule has 0 spiro atoms. The first-order chi connectivity index (χ1) is 9.31. The first-order valence-corrected chi connectivity index (χ1v) is 6.65. The minimum atomic E-state index is -0.137. The molecule has 3 N–H and O–H groups in total. The summed E-state index contributed by atoms with van der Waals surface area (Å²) in [6.07, 6.45) is 0. The number of ether oxygens (including phenoxy) is 1. The Labute approximate surface area is 130 Å². The fourth-order valence-corrected chi connectivity index (χ4v) is 2.33. The standard InChI is InChI=1S/C12H11Cl3N4O/c1-5-10(11(16)17)12(19(2)18-5)20-9-4-7(14)6(13)3-8(9)15/h3-4H,1-2H3,(H3,16,17). The Bertz CT molecular complexity index is 696. The van der Waals surface area contributed by atoms with Gasteiger partial charge in [0.2, 0.25) is 5.88 Å². The number of aryl methyl sites for hydroxylation is 2. The Kier molecular flexibility index (Phi) is 4.13. The molecule has 2 aromatic rings. The molecular weight excluding hydrogens is 323 g/mol. The molecule has 1 aromatic carbocycles. The van der Waals surface area contributed by atoms with Crippen molar-refractivity contribution in [2.24, 2.45) is 12.8 Å². The third-order valence-electron chi connectivity index (χ3n) is 2.62. The van der Waals surface area contributed by atoms with Crippen molar-refractivity contribution in [1.82, 2.24) is 9.78 Å². The Morgan fingerprint density at radius 2 is 1.85 bits per heavy atom. The number of hydrogen-bond donors (Lipinski definition) is 2. The number of nitrogens with zero attached hydrogens (tertiary/aromatic N) is 2. The van der Waals surface area contributed by atoms with Gasteiger partial charge in [-0.05, 0) is 13.0 Å². The van der Waals surface area contributed by atoms with E-state index >= 15 is 0 Å². The molecule has 0 unspecified atom stereocenters. The van der Waals surface area contributed by atoms with E-state index in [9.17, 15) is 0 Å². The predicted octanol–water partition coefficient (Wildman–Crippen LogP) is 3.77. The number of nitrogens with one attached hydrogen (secondary N) is 1. The largest absolute Gasteiger partial charge is 0.437 e. The normalized spacial score (nSPS) is 10.7. The number of aromatic nitrogens is 2. The first kappa shape index (κ1) is 15.0. The van der Waals surface area contributed by atoms with Crippen LogP contribution < -0.4 is 10.5 Å². The molecule has 0 atom stereocenters. The van der Waals surface area contributed by atoms with E-state index < -0.39 is 0 Å². The summed E-state index contributed by atoms with van der Waals surface area (Å²) >= 11 is 17.9. The zero-order valence-corrected chi connectivity index (χ0v) is 12.9. The smallest absolute Gasteiger partial charge is 0.228 e. The van der Waals surface area contributed by atoms with Crippen LogP contribution in [0, 0.1) is 12.3 Å². The van der Waals surface area contributed by atoms with Crippen LogP contribution in [0.1, 0.15) is 11.3 Å². The van der Waals surface area contributed by atoms with Crippen molar-refractivity contribution in [3.63, 3.8) is 0 Å². The molecule has 0 radical (unpaired) electrons. The monoisotopic (exact) mass is 332 g/mol. The van der Waals surface area contributed by atoms with Gasteiger partial charge in [-0.3, -0.25) is 5.41 Å². The molecule has 0 fully saturated rings. The molecule has 1 aromatic heterocycles. The number of amidine groups is 1.